The summed E-state index contributed by atoms with van der Waals surface area (Å²) in [5, 5.41) is 4.49. The van der Waals surface area contributed by atoms with Crippen LogP contribution in [-0.2, 0) is 10.2 Å². The molecule has 2 aliphatic rings. The SMILES string of the molecule is C[C@@H]1CCCCCN1C(=O)c1cc(C2(C)COC2)n2nc(Br)cc2n1. The molecule has 0 bridgehead atoms. The van der Waals surface area contributed by atoms with E-state index in [0.29, 0.717) is 24.6 Å². The first-order valence-corrected chi connectivity index (χ1v) is 9.73. The molecule has 7 heteroatoms. The van der Waals surface area contributed by atoms with E-state index >= 15 is 0 Å². The molecule has 1 atom stereocenters. The van der Waals surface area contributed by atoms with Gasteiger partial charge in [-0.25, -0.2) is 9.50 Å². The van der Waals surface area contributed by atoms with Crippen LogP contribution in [0.4, 0.5) is 0 Å². The Bertz CT molecular complexity index is 815. The van der Waals surface area contributed by atoms with Crippen molar-refractivity contribution < 1.29 is 9.53 Å². The van der Waals surface area contributed by atoms with Gasteiger partial charge in [-0.2, -0.15) is 5.10 Å². The maximum atomic E-state index is 13.2. The van der Waals surface area contributed by atoms with E-state index < -0.39 is 0 Å². The van der Waals surface area contributed by atoms with Crippen LogP contribution in [0.3, 0.4) is 0 Å². The van der Waals surface area contributed by atoms with Crippen molar-refractivity contribution in [3.8, 4) is 0 Å². The molecule has 4 rings (SSSR count). The molecule has 0 radical (unpaired) electrons. The standard InChI is InChI=1S/C18H23BrN4O2/c1-12-6-4-3-5-7-22(12)17(24)13-8-14(18(2)10-25-11-18)23-16(20-13)9-15(19)21-23/h8-9,12H,3-7,10-11H2,1-2H3/t12-/m1/s1. The van der Waals surface area contributed by atoms with Crippen molar-refractivity contribution in [1.29, 1.82) is 0 Å². The smallest absolute Gasteiger partial charge is 0.272 e. The summed E-state index contributed by atoms with van der Waals surface area (Å²) in [5.41, 5.74) is 2.06. The molecule has 2 fully saturated rings. The molecule has 1 amide bonds. The zero-order valence-electron chi connectivity index (χ0n) is 14.7. The van der Waals surface area contributed by atoms with Gasteiger partial charge in [0.25, 0.3) is 5.91 Å². The Kier molecular flexibility index (Phi) is 4.32. The first-order chi connectivity index (χ1) is 12.0. The molecule has 2 aromatic rings. The normalized spacial score (nSPS) is 23.3. The third-order valence-electron chi connectivity index (χ3n) is 5.39. The first kappa shape index (κ1) is 17.0. The predicted octanol–water partition coefficient (Wildman–Crippen LogP) is 3.18. The lowest BCUT2D eigenvalue weighted by molar-refractivity contribution is -0.0531. The van der Waals surface area contributed by atoms with Crippen molar-refractivity contribution >= 4 is 27.5 Å². The van der Waals surface area contributed by atoms with Gasteiger partial charge in [0, 0.05) is 18.7 Å². The molecule has 134 valence electrons. The monoisotopic (exact) mass is 406 g/mol. The number of carbonyl (C=O) groups excluding carboxylic acids is 1. The number of rotatable bonds is 2. The van der Waals surface area contributed by atoms with Crippen molar-refractivity contribution in [2.45, 2.75) is 51.0 Å². The number of carbonyl (C=O) groups is 1. The molecule has 0 N–H and O–H groups in total. The average Bonchev–Trinajstić information content (AvgIpc) is 2.80. The molecule has 0 saturated carbocycles. The maximum absolute atomic E-state index is 13.2. The Hall–Kier alpha value is -1.47. The number of amides is 1. The van der Waals surface area contributed by atoms with Gasteiger partial charge in [0.2, 0.25) is 0 Å². The molecule has 0 unspecified atom stereocenters. The van der Waals surface area contributed by atoms with Gasteiger partial charge >= 0.3 is 0 Å². The number of aromatic nitrogens is 3. The lowest BCUT2D eigenvalue weighted by atomic mass is 9.84. The number of halogens is 1. The van der Waals surface area contributed by atoms with E-state index in [1.54, 1.807) is 0 Å². The van der Waals surface area contributed by atoms with E-state index in [0.717, 1.165) is 29.7 Å². The van der Waals surface area contributed by atoms with Crippen LogP contribution in [0.25, 0.3) is 5.65 Å². The summed E-state index contributed by atoms with van der Waals surface area (Å²) < 4.78 is 7.98. The Morgan fingerprint density at radius 1 is 1.32 bits per heavy atom. The van der Waals surface area contributed by atoms with Gasteiger partial charge in [-0.15, -0.1) is 0 Å². The highest BCUT2D eigenvalue weighted by atomic mass is 79.9. The molecule has 2 aliphatic heterocycles. The second-order valence-electron chi connectivity index (χ2n) is 7.51. The van der Waals surface area contributed by atoms with Gasteiger partial charge < -0.3 is 9.64 Å². The molecule has 0 aliphatic carbocycles. The minimum absolute atomic E-state index is 0.0271. The lowest BCUT2D eigenvalue weighted by Crippen LogP contribution is -2.46. The van der Waals surface area contributed by atoms with E-state index in [1.807, 2.05) is 21.5 Å². The number of nitrogens with zero attached hydrogens (tertiary/aromatic N) is 4. The second-order valence-corrected chi connectivity index (χ2v) is 8.33. The Morgan fingerprint density at radius 2 is 2.12 bits per heavy atom. The average molecular weight is 407 g/mol. The highest BCUT2D eigenvalue weighted by molar-refractivity contribution is 9.10. The third-order valence-corrected chi connectivity index (χ3v) is 5.78. The van der Waals surface area contributed by atoms with Crippen LogP contribution in [0, 0.1) is 0 Å². The highest BCUT2D eigenvalue weighted by Crippen LogP contribution is 2.33. The van der Waals surface area contributed by atoms with Gasteiger partial charge in [0.15, 0.2) is 5.65 Å². The lowest BCUT2D eigenvalue weighted by Gasteiger charge is -2.38. The maximum Gasteiger partial charge on any atom is 0.272 e. The summed E-state index contributed by atoms with van der Waals surface area (Å²) in [4.78, 5) is 19.8. The van der Waals surface area contributed by atoms with Gasteiger partial charge in [-0.1, -0.05) is 12.8 Å². The number of fused-ring (bicyclic) bond motifs is 1. The van der Waals surface area contributed by atoms with Crippen molar-refractivity contribution in [2.24, 2.45) is 0 Å². The molecule has 2 aromatic heterocycles. The molecule has 6 nitrogen and oxygen atoms in total. The summed E-state index contributed by atoms with van der Waals surface area (Å²) in [7, 11) is 0. The zero-order chi connectivity index (χ0) is 17.6. The number of ether oxygens (including phenoxy) is 1. The summed E-state index contributed by atoms with van der Waals surface area (Å²) in [6.07, 6.45) is 4.50. The van der Waals surface area contributed by atoms with Crippen LogP contribution in [0.15, 0.2) is 16.7 Å². The van der Waals surface area contributed by atoms with Crippen LogP contribution in [-0.4, -0.2) is 51.2 Å². The van der Waals surface area contributed by atoms with E-state index in [-0.39, 0.29) is 17.4 Å². The highest BCUT2D eigenvalue weighted by Gasteiger charge is 2.39. The fourth-order valence-corrected chi connectivity index (χ4v) is 4.13. The summed E-state index contributed by atoms with van der Waals surface area (Å²) in [6, 6.07) is 4.03. The van der Waals surface area contributed by atoms with Crippen LogP contribution in [0.1, 0.15) is 55.7 Å². The van der Waals surface area contributed by atoms with Crippen LogP contribution in [0.2, 0.25) is 0 Å². The number of hydrogen-bond acceptors (Lipinski definition) is 4. The Morgan fingerprint density at radius 3 is 2.84 bits per heavy atom. The molecule has 25 heavy (non-hydrogen) atoms. The van der Waals surface area contributed by atoms with Crippen LogP contribution in [0.5, 0.6) is 0 Å². The minimum atomic E-state index is -0.133. The summed E-state index contributed by atoms with van der Waals surface area (Å²) in [5.74, 6) is 0.0271. The van der Waals surface area contributed by atoms with Gasteiger partial charge in [-0.3, -0.25) is 4.79 Å². The summed E-state index contributed by atoms with van der Waals surface area (Å²) in [6.45, 7) is 6.36. The molecule has 4 heterocycles. The Balaban J connectivity index is 1.77. The van der Waals surface area contributed by atoms with Crippen molar-refractivity contribution in [3.05, 3.63) is 28.1 Å². The zero-order valence-corrected chi connectivity index (χ0v) is 16.3. The van der Waals surface area contributed by atoms with Crippen LogP contribution >= 0.6 is 15.9 Å². The van der Waals surface area contributed by atoms with E-state index in [4.69, 9.17) is 4.74 Å². The molecule has 2 saturated heterocycles. The molecule has 0 spiro atoms. The van der Waals surface area contributed by atoms with Crippen molar-refractivity contribution in [3.63, 3.8) is 0 Å². The topological polar surface area (TPSA) is 59.7 Å². The third kappa shape index (κ3) is 2.97. The van der Waals surface area contributed by atoms with Gasteiger partial charge in [0.1, 0.15) is 10.3 Å². The fraction of sp³-hybridized carbons (Fsp3) is 0.611. The molecule has 0 aromatic carbocycles. The van der Waals surface area contributed by atoms with Crippen LogP contribution < -0.4 is 0 Å². The first-order valence-electron chi connectivity index (χ1n) is 8.93. The largest absolute Gasteiger partial charge is 0.379 e. The number of hydrogen-bond donors (Lipinski definition) is 0. The molecular weight excluding hydrogens is 384 g/mol. The van der Waals surface area contributed by atoms with Crippen molar-refractivity contribution in [1.82, 2.24) is 19.5 Å². The Labute approximate surface area is 155 Å². The predicted molar refractivity (Wildman–Crippen MR) is 97.8 cm³/mol. The van der Waals surface area contributed by atoms with E-state index in [1.165, 1.54) is 12.8 Å². The molecular formula is C18H23BrN4O2. The quantitative estimate of drug-likeness (QED) is 0.768. The van der Waals surface area contributed by atoms with E-state index in [2.05, 4.69) is 39.9 Å². The minimum Gasteiger partial charge on any atom is -0.379 e. The van der Waals surface area contributed by atoms with Gasteiger partial charge in [0.05, 0.1) is 24.3 Å². The second kappa shape index (κ2) is 6.36. The number of likely N-dealkylation sites (tertiary alicyclic amines) is 1. The summed E-state index contributed by atoms with van der Waals surface area (Å²) >= 11 is 3.43. The van der Waals surface area contributed by atoms with E-state index in [9.17, 15) is 4.79 Å². The fourth-order valence-electron chi connectivity index (χ4n) is 3.77. The van der Waals surface area contributed by atoms with Crippen molar-refractivity contribution in [2.75, 3.05) is 19.8 Å². The van der Waals surface area contributed by atoms with Gasteiger partial charge in [-0.05, 0) is 48.7 Å².